The Morgan fingerprint density at radius 3 is 2.46 bits per heavy atom. The molecule has 0 unspecified atom stereocenters. The van der Waals surface area contributed by atoms with Gasteiger partial charge in [0.1, 0.15) is 0 Å². The highest BCUT2D eigenvalue weighted by molar-refractivity contribution is 6.25. The van der Waals surface area contributed by atoms with Crippen LogP contribution in [0.25, 0.3) is 0 Å². The number of alkyl halides is 2. The van der Waals surface area contributed by atoms with E-state index >= 15 is 0 Å². The molecule has 0 aliphatic heterocycles. The van der Waals surface area contributed by atoms with Gasteiger partial charge >= 0.3 is 0 Å². The molecule has 5 heteroatoms. The molecule has 74 valence electrons. The summed E-state index contributed by atoms with van der Waals surface area (Å²) < 4.78 is 0. The van der Waals surface area contributed by atoms with E-state index in [0.29, 0.717) is 24.0 Å². The fourth-order valence-electron chi connectivity index (χ4n) is 0.585. The van der Waals surface area contributed by atoms with Crippen LogP contribution in [0, 0.1) is 0 Å². The van der Waals surface area contributed by atoms with E-state index < -0.39 is 0 Å². The summed E-state index contributed by atoms with van der Waals surface area (Å²) in [4.78, 5) is 17.3. The van der Waals surface area contributed by atoms with Crippen LogP contribution >= 0.6 is 23.2 Å². The van der Waals surface area contributed by atoms with Crippen LogP contribution in [0.2, 0.25) is 0 Å². The topological polar surface area (TPSA) is 45.8 Å². The minimum Gasteiger partial charge on any atom is -0.342 e. The SMILES string of the molecule is CCC(=O)c1ncc[nH]1.ClCCCl. The Kier molecular flexibility index (Phi) is 7.74. The first kappa shape index (κ1) is 12.5. The van der Waals surface area contributed by atoms with E-state index in [1.807, 2.05) is 6.92 Å². The van der Waals surface area contributed by atoms with Crippen molar-refractivity contribution in [1.29, 1.82) is 0 Å². The van der Waals surface area contributed by atoms with Crippen molar-refractivity contribution in [2.45, 2.75) is 13.3 Å². The average Bonchev–Trinajstić information content (AvgIpc) is 2.70. The third kappa shape index (κ3) is 5.66. The smallest absolute Gasteiger partial charge is 0.197 e. The standard InChI is InChI=1S/C6H8N2O.C2H4Cl2/c1-2-5(9)6-7-3-4-8-6;3-1-2-4/h3-4H,2H2,1H3,(H,7,8);1-2H2. The Bertz CT molecular complexity index is 222. The number of H-pyrrole nitrogens is 1. The Balaban J connectivity index is 0.000000310. The number of Topliss-reactive ketones (excluding diaryl/α,β-unsaturated/α-hetero) is 1. The van der Waals surface area contributed by atoms with E-state index in [0.717, 1.165) is 0 Å². The van der Waals surface area contributed by atoms with Crippen molar-refractivity contribution in [3.05, 3.63) is 18.2 Å². The number of imidazole rings is 1. The van der Waals surface area contributed by atoms with E-state index in [1.54, 1.807) is 12.4 Å². The molecule has 0 radical (unpaired) electrons. The summed E-state index contributed by atoms with van der Waals surface area (Å²) in [5, 5.41) is 0. The number of nitrogens with one attached hydrogen (secondary N) is 1. The summed E-state index contributed by atoms with van der Waals surface area (Å²) >= 11 is 10.1. The highest BCUT2D eigenvalue weighted by Gasteiger charge is 2.02. The molecule has 0 saturated carbocycles. The van der Waals surface area contributed by atoms with E-state index in [9.17, 15) is 4.79 Å². The van der Waals surface area contributed by atoms with Gasteiger partial charge in [-0.2, -0.15) is 0 Å². The molecule has 0 fully saturated rings. The molecule has 0 aliphatic carbocycles. The van der Waals surface area contributed by atoms with E-state index in [2.05, 4.69) is 9.97 Å². The highest BCUT2D eigenvalue weighted by atomic mass is 35.5. The summed E-state index contributed by atoms with van der Waals surface area (Å²) in [7, 11) is 0. The molecular weight excluding hydrogens is 211 g/mol. The molecular formula is C8H12Cl2N2O. The maximum atomic E-state index is 10.8. The number of rotatable bonds is 3. The molecule has 0 spiro atoms. The van der Waals surface area contributed by atoms with Crippen LogP contribution in [-0.2, 0) is 0 Å². The molecule has 1 rings (SSSR count). The number of aromatic nitrogens is 2. The lowest BCUT2D eigenvalue weighted by Gasteiger charge is -1.86. The minimum absolute atomic E-state index is 0.0556. The van der Waals surface area contributed by atoms with Crippen molar-refractivity contribution in [3.8, 4) is 0 Å². The molecule has 0 saturated heterocycles. The monoisotopic (exact) mass is 222 g/mol. The zero-order valence-electron chi connectivity index (χ0n) is 7.39. The first-order valence-electron chi connectivity index (χ1n) is 3.90. The van der Waals surface area contributed by atoms with Crippen molar-refractivity contribution in [2.24, 2.45) is 0 Å². The minimum atomic E-state index is 0.0556. The second-order valence-corrected chi connectivity index (χ2v) is 2.85. The van der Waals surface area contributed by atoms with Crippen LogP contribution in [0.1, 0.15) is 24.0 Å². The van der Waals surface area contributed by atoms with Gasteiger partial charge in [-0.25, -0.2) is 4.98 Å². The zero-order valence-corrected chi connectivity index (χ0v) is 8.90. The second-order valence-electron chi connectivity index (χ2n) is 2.09. The van der Waals surface area contributed by atoms with Crippen molar-refractivity contribution >= 4 is 29.0 Å². The van der Waals surface area contributed by atoms with Crippen LogP contribution < -0.4 is 0 Å². The number of nitrogens with zero attached hydrogens (tertiary/aromatic N) is 1. The molecule has 1 heterocycles. The number of aromatic amines is 1. The van der Waals surface area contributed by atoms with Gasteiger partial charge in [-0.05, 0) is 0 Å². The first-order chi connectivity index (χ1) is 6.26. The summed E-state index contributed by atoms with van der Waals surface area (Å²) in [5.41, 5.74) is 0. The van der Waals surface area contributed by atoms with Crippen LogP contribution in [0.5, 0.6) is 0 Å². The van der Waals surface area contributed by atoms with Gasteiger partial charge in [0.05, 0.1) is 0 Å². The van der Waals surface area contributed by atoms with E-state index in [4.69, 9.17) is 23.2 Å². The van der Waals surface area contributed by atoms with Gasteiger partial charge < -0.3 is 4.98 Å². The molecule has 0 atom stereocenters. The van der Waals surface area contributed by atoms with E-state index in [1.165, 1.54) is 0 Å². The molecule has 0 bridgehead atoms. The predicted octanol–water partition coefficient (Wildman–Crippen LogP) is 2.47. The lowest BCUT2D eigenvalue weighted by molar-refractivity contribution is 0.0979. The summed E-state index contributed by atoms with van der Waals surface area (Å²) in [5.74, 6) is 1.63. The lowest BCUT2D eigenvalue weighted by atomic mass is 10.3. The van der Waals surface area contributed by atoms with E-state index in [-0.39, 0.29) is 5.78 Å². The predicted molar refractivity (Wildman–Crippen MR) is 54.6 cm³/mol. The Labute approximate surface area is 87.5 Å². The normalized spacial score (nSPS) is 8.85. The lowest BCUT2D eigenvalue weighted by Crippen LogP contribution is -1.97. The number of hydrogen-bond acceptors (Lipinski definition) is 2. The number of halogens is 2. The third-order valence-electron chi connectivity index (χ3n) is 1.15. The molecule has 13 heavy (non-hydrogen) atoms. The fourth-order valence-corrected chi connectivity index (χ4v) is 0.585. The highest BCUT2D eigenvalue weighted by Crippen LogP contribution is 1.92. The molecule has 0 aliphatic rings. The zero-order chi connectivity index (χ0) is 10.1. The molecule has 1 aromatic rings. The molecule has 0 amide bonds. The van der Waals surface area contributed by atoms with Gasteiger partial charge in [0.15, 0.2) is 11.6 Å². The van der Waals surface area contributed by atoms with Crippen molar-refractivity contribution < 1.29 is 4.79 Å². The summed E-state index contributed by atoms with van der Waals surface area (Å²) in [6.07, 6.45) is 3.72. The van der Waals surface area contributed by atoms with Crippen LogP contribution in [0.15, 0.2) is 12.4 Å². The van der Waals surface area contributed by atoms with Crippen LogP contribution in [-0.4, -0.2) is 27.5 Å². The fraction of sp³-hybridized carbons (Fsp3) is 0.500. The number of carbonyl (C=O) groups is 1. The Morgan fingerprint density at radius 1 is 1.54 bits per heavy atom. The average molecular weight is 223 g/mol. The Morgan fingerprint density at radius 2 is 2.15 bits per heavy atom. The number of carbonyl (C=O) groups excluding carboxylic acids is 1. The van der Waals surface area contributed by atoms with Gasteiger partial charge in [-0.1, -0.05) is 6.92 Å². The first-order valence-corrected chi connectivity index (χ1v) is 4.97. The van der Waals surface area contributed by atoms with Crippen molar-refractivity contribution in [3.63, 3.8) is 0 Å². The molecule has 0 aromatic carbocycles. The van der Waals surface area contributed by atoms with Gasteiger partial charge in [-0.15, -0.1) is 23.2 Å². The van der Waals surface area contributed by atoms with Gasteiger partial charge in [0.25, 0.3) is 0 Å². The molecule has 3 nitrogen and oxygen atoms in total. The largest absolute Gasteiger partial charge is 0.342 e. The molecule has 1 aromatic heterocycles. The number of ketones is 1. The summed E-state index contributed by atoms with van der Waals surface area (Å²) in [6, 6.07) is 0. The van der Waals surface area contributed by atoms with Gasteiger partial charge in [0, 0.05) is 30.6 Å². The quantitative estimate of drug-likeness (QED) is 0.631. The van der Waals surface area contributed by atoms with Crippen molar-refractivity contribution in [2.75, 3.05) is 11.8 Å². The Hall–Kier alpha value is -0.540. The maximum Gasteiger partial charge on any atom is 0.197 e. The van der Waals surface area contributed by atoms with Gasteiger partial charge in [-0.3, -0.25) is 4.79 Å². The maximum absolute atomic E-state index is 10.8. The number of hydrogen-bond donors (Lipinski definition) is 1. The van der Waals surface area contributed by atoms with Gasteiger partial charge in [0.2, 0.25) is 0 Å². The molecule has 1 N–H and O–H groups in total. The second kappa shape index (κ2) is 8.08. The van der Waals surface area contributed by atoms with Crippen LogP contribution in [0.3, 0.4) is 0 Å². The summed E-state index contributed by atoms with van der Waals surface area (Å²) in [6.45, 7) is 1.81. The van der Waals surface area contributed by atoms with Crippen molar-refractivity contribution in [1.82, 2.24) is 9.97 Å². The van der Waals surface area contributed by atoms with Crippen LogP contribution in [0.4, 0.5) is 0 Å². The third-order valence-corrected chi connectivity index (χ3v) is 1.73.